The minimum absolute atomic E-state index is 0.0305. The van der Waals surface area contributed by atoms with Crippen molar-refractivity contribution in [3.05, 3.63) is 71.0 Å². The number of pyridine rings is 1. The summed E-state index contributed by atoms with van der Waals surface area (Å²) in [7, 11) is 3.18. The SMILES string of the molecule is COc1nc(N(C)C2CCN(C(=O)/C=C/c3nc(C(C)(C)O)no3)C2)c2cnc(-c3cccc4ccc(F)c(Cl)c34)c(F)c2n1.FC1CC2CCCN2C1. The number of likely N-dealkylation sites (tertiary alicyclic amines) is 1. The number of alkyl halides is 1. The Bertz CT molecular complexity index is 2220. The molecule has 3 saturated heterocycles. The molecule has 0 aliphatic carbocycles. The quantitative estimate of drug-likeness (QED) is 0.186. The second-order valence-electron chi connectivity index (χ2n) is 14.3. The van der Waals surface area contributed by atoms with E-state index in [2.05, 4.69) is 30.0 Å². The van der Waals surface area contributed by atoms with Gasteiger partial charge in [-0.2, -0.15) is 15.0 Å². The fourth-order valence-corrected chi connectivity index (χ4v) is 7.61. The Hall–Kier alpha value is -4.86. The van der Waals surface area contributed by atoms with Crippen LogP contribution in [0.1, 0.15) is 51.2 Å². The van der Waals surface area contributed by atoms with Gasteiger partial charge >= 0.3 is 6.01 Å². The van der Waals surface area contributed by atoms with Gasteiger partial charge in [-0.25, -0.2) is 13.2 Å². The number of benzene rings is 2. The van der Waals surface area contributed by atoms with Gasteiger partial charge in [0.15, 0.2) is 5.82 Å². The first-order valence-corrected chi connectivity index (χ1v) is 18.1. The molecule has 0 spiro atoms. The number of hydrogen-bond acceptors (Lipinski definition) is 11. The van der Waals surface area contributed by atoms with Gasteiger partial charge in [-0.3, -0.25) is 14.7 Å². The van der Waals surface area contributed by atoms with Crippen LogP contribution in [0.15, 0.2) is 47.1 Å². The van der Waals surface area contributed by atoms with E-state index in [4.69, 9.17) is 20.9 Å². The first-order chi connectivity index (χ1) is 25.8. The van der Waals surface area contributed by atoms with Crippen LogP contribution in [-0.2, 0) is 10.4 Å². The van der Waals surface area contributed by atoms with E-state index in [1.807, 2.05) is 4.90 Å². The number of likely N-dealkylation sites (N-methyl/N-ethyl adjacent to an activating group) is 1. The first-order valence-electron chi connectivity index (χ1n) is 17.7. The molecule has 1 amide bonds. The van der Waals surface area contributed by atoms with Crippen molar-refractivity contribution >= 4 is 51.1 Å². The number of carbonyl (C=O) groups is 1. The second-order valence-corrected chi connectivity index (χ2v) is 14.7. The highest BCUT2D eigenvalue weighted by molar-refractivity contribution is 6.36. The Labute approximate surface area is 314 Å². The van der Waals surface area contributed by atoms with E-state index < -0.39 is 23.4 Å². The molecule has 12 nitrogen and oxygen atoms in total. The lowest BCUT2D eigenvalue weighted by molar-refractivity contribution is -0.124. The van der Waals surface area contributed by atoms with Gasteiger partial charge in [-0.05, 0) is 57.5 Å². The molecule has 3 aliphatic rings. The van der Waals surface area contributed by atoms with Gasteiger partial charge in [0.1, 0.15) is 34.6 Å². The molecule has 16 heteroatoms. The summed E-state index contributed by atoms with van der Waals surface area (Å²) in [6.45, 7) is 5.74. The molecule has 0 radical (unpaired) electrons. The molecule has 0 saturated carbocycles. The van der Waals surface area contributed by atoms with Crippen LogP contribution in [0.4, 0.5) is 19.0 Å². The molecule has 1 N–H and O–H groups in total. The molecule has 3 aliphatic heterocycles. The van der Waals surface area contributed by atoms with Gasteiger partial charge in [0.25, 0.3) is 5.89 Å². The van der Waals surface area contributed by atoms with E-state index in [1.54, 1.807) is 36.2 Å². The molecule has 0 bridgehead atoms. The van der Waals surface area contributed by atoms with Gasteiger partial charge in [0, 0.05) is 68.1 Å². The highest BCUT2D eigenvalue weighted by Gasteiger charge is 2.35. The summed E-state index contributed by atoms with van der Waals surface area (Å²) in [5.41, 5.74) is -1.03. The highest BCUT2D eigenvalue weighted by Crippen LogP contribution is 2.38. The lowest BCUT2D eigenvalue weighted by atomic mass is 10.0. The average molecular weight is 765 g/mol. The third kappa shape index (κ3) is 7.44. The van der Waals surface area contributed by atoms with E-state index >= 15 is 4.39 Å². The van der Waals surface area contributed by atoms with Crippen LogP contribution in [0.5, 0.6) is 6.01 Å². The van der Waals surface area contributed by atoms with Crippen LogP contribution < -0.4 is 9.64 Å². The zero-order chi connectivity index (χ0) is 38.3. The number of nitrogens with zero attached hydrogens (tertiary/aromatic N) is 8. The third-order valence-corrected chi connectivity index (χ3v) is 10.6. The van der Waals surface area contributed by atoms with E-state index in [-0.39, 0.29) is 45.9 Å². The maximum atomic E-state index is 16.3. The smallest absolute Gasteiger partial charge is 0.318 e. The van der Waals surface area contributed by atoms with Crippen LogP contribution in [0, 0.1) is 11.6 Å². The number of amides is 1. The van der Waals surface area contributed by atoms with Crippen LogP contribution in [0.3, 0.4) is 0 Å². The second kappa shape index (κ2) is 15.1. The van der Waals surface area contributed by atoms with Crippen molar-refractivity contribution in [1.29, 1.82) is 0 Å². The van der Waals surface area contributed by atoms with Gasteiger partial charge < -0.3 is 24.2 Å². The van der Waals surface area contributed by atoms with Gasteiger partial charge in [0.05, 0.1) is 17.5 Å². The lowest BCUT2D eigenvalue weighted by Crippen LogP contribution is -2.36. The molecular weight excluding hydrogens is 725 g/mol. The fraction of sp³-hybridized carbons (Fsp3) is 0.421. The Morgan fingerprint density at radius 3 is 2.69 bits per heavy atom. The van der Waals surface area contributed by atoms with Crippen LogP contribution >= 0.6 is 11.6 Å². The van der Waals surface area contributed by atoms with Gasteiger partial charge in [-0.1, -0.05) is 41.0 Å². The molecule has 2 aromatic carbocycles. The van der Waals surface area contributed by atoms with Crippen LogP contribution in [0.2, 0.25) is 5.02 Å². The molecule has 8 rings (SSSR count). The van der Waals surface area contributed by atoms with Crippen molar-refractivity contribution in [2.45, 2.75) is 63.4 Å². The highest BCUT2D eigenvalue weighted by atomic mass is 35.5. The summed E-state index contributed by atoms with van der Waals surface area (Å²) < 4.78 is 53.7. The number of rotatable bonds is 7. The first kappa shape index (κ1) is 37.5. The molecule has 3 fully saturated rings. The number of methoxy groups -OCH3 is 1. The van der Waals surface area contributed by atoms with Crippen molar-refractivity contribution in [3.63, 3.8) is 0 Å². The number of ether oxygens (including phenoxy) is 1. The Kier molecular flexibility index (Phi) is 10.5. The summed E-state index contributed by atoms with van der Waals surface area (Å²) in [6.07, 6.45) is 7.63. The Morgan fingerprint density at radius 2 is 1.94 bits per heavy atom. The van der Waals surface area contributed by atoms with E-state index in [0.717, 1.165) is 13.0 Å². The van der Waals surface area contributed by atoms with Crippen molar-refractivity contribution in [1.82, 2.24) is 34.9 Å². The molecule has 54 heavy (non-hydrogen) atoms. The number of aromatic nitrogens is 5. The number of fused-ring (bicyclic) bond motifs is 3. The average Bonchev–Trinajstić information content (AvgIpc) is 3.97. The van der Waals surface area contributed by atoms with E-state index in [9.17, 15) is 18.7 Å². The Morgan fingerprint density at radius 1 is 1.13 bits per heavy atom. The fourth-order valence-electron chi connectivity index (χ4n) is 7.33. The summed E-state index contributed by atoms with van der Waals surface area (Å²) in [6, 6.07) is 8.31. The van der Waals surface area contributed by atoms with E-state index in [0.29, 0.717) is 59.6 Å². The third-order valence-electron chi connectivity index (χ3n) is 10.2. The monoisotopic (exact) mass is 764 g/mol. The minimum Gasteiger partial charge on any atom is -0.467 e. The zero-order valence-electron chi connectivity index (χ0n) is 30.3. The maximum absolute atomic E-state index is 16.3. The van der Waals surface area contributed by atoms with Crippen molar-refractivity contribution in [3.8, 4) is 17.3 Å². The van der Waals surface area contributed by atoms with Crippen molar-refractivity contribution in [2.75, 3.05) is 45.2 Å². The molecule has 6 heterocycles. The lowest BCUT2D eigenvalue weighted by Gasteiger charge is -2.27. The standard InChI is InChI=1S/C31H28ClF2N7O4.C7H12FN/c1-31(2,43)29-36-21(45-39-29)10-11-22(42)41-13-12-17(15-41)40(3)28-19-14-35-26(25(34)27(19)37-30(38-28)44-4)18-7-5-6-16-8-9-20(33)24(32)23(16)18;8-6-4-7-2-1-3-9(7)5-6/h5-11,14,17,43H,12-13,15H2,1-4H3;6-7H,1-5H2/b11-10+;. The minimum atomic E-state index is -1.27. The molecular formula is C38H40ClF3N8O4. The normalized spacial score (nSPS) is 20.2. The molecule has 284 valence electrons. The summed E-state index contributed by atoms with van der Waals surface area (Å²) in [4.78, 5) is 36.0. The van der Waals surface area contributed by atoms with Crippen molar-refractivity contribution < 1.29 is 32.3 Å². The predicted octanol–water partition coefficient (Wildman–Crippen LogP) is 6.34. The molecule has 3 unspecified atom stereocenters. The zero-order valence-corrected chi connectivity index (χ0v) is 31.0. The molecule has 5 aromatic rings. The number of halogens is 4. The van der Waals surface area contributed by atoms with Gasteiger partial charge in [0.2, 0.25) is 11.7 Å². The number of carbonyl (C=O) groups excluding carboxylic acids is 1. The Balaban J connectivity index is 0.000000433. The topological polar surface area (TPSA) is 134 Å². The number of hydrogen-bond donors (Lipinski definition) is 1. The van der Waals surface area contributed by atoms with E-state index in [1.165, 1.54) is 58.2 Å². The largest absolute Gasteiger partial charge is 0.467 e. The summed E-state index contributed by atoms with van der Waals surface area (Å²) in [5.74, 6) is -1.05. The summed E-state index contributed by atoms with van der Waals surface area (Å²) in [5, 5.41) is 14.9. The predicted molar refractivity (Wildman–Crippen MR) is 198 cm³/mol. The van der Waals surface area contributed by atoms with Crippen molar-refractivity contribution in [2.24, 2.45) is 0 Å². The maximum Gasteiger partial charge on any atom is 0.318 e. The van der Waals surface area contributed by atoms with Gasteiger partial charge in [-0.15, -0.1) is 0 Å². The summed E-state index contributed by atoms with van der Waals surface area (Å²) >= 11 is 6.31. The van der Waals surface area contributed by atoms with Crippen LogP contribution in [-0.4, -0.2) is 104 Å². The number of anilines is 1. The molecule has 3 aromatic heterocycles. The number of aliphatic hydroxyl groups is 1. The van der Waals surface area contributed by atoms with Crippen LogP contribution in [0.25, 0.3) is 39.0 Å². The molecule has 3 atom stereocenters.